The quantitative estimate of drug-likeness (QED) is 0.446. The van der Waals surface area contributed by atoms with Gasteiger partial charge in [0.15, 0.2) is 0 Å². The number of nitrogens with zero attached hydrogens (tertiary/aromatic N) is 3. The van der Waals surface area contributed by atoms with Gasteiger partial charge in [0, 0.05) is 34.0 Å². The Hall–Kier alpha value is -2.18. The van der Waals surface area contributed by atoms with E-state index in [9.17, 15) is 8.78 Å². The molecule has 3 aliphatic rings. The van der Waals surface area contributed by atoms with Crippen LogP contribution in [0.5, 0.6) is 0 Å². The highest BCUT2D eigenvalue weighted by atomic mass is 35.5. The molecule has 4 rings (SSSR count). The number of rotatable bonds is 4. The fourth-order valence-corrected chi connectivity index (χ4v) is 3.97. The third kappa shape index (κ3) is 7.75. The van der Waals surface area contributed by atoms with Gasteiger partial charge >= 0.3 is 0 Å². The Labute approximate surface area is 199 Å². The van der Waals surface area contributed by atoms with Gasteiger partial charge in [0.1, 0.15) is 11.7 Å². The molecule has 0 saturated carbocycles. The van der Waals surface area contributed by atoms with E-state index in [1.165, 1.54) is 37.3 Å². The second-order valence-electron chi connectivity index (χ2n) is 7.78. The molecule has 0 spiro atoms. The van der Waals surface area contributed by atoms with Gasteiger partial charge < -0.3 is 4.90 Å². The minimum absolute atomic E-state index is 0.294. The molecule has 1 atom stereocenters. The first-order valence-corrected chi connectivity index (χ1v) is 11.8. The van der Waals surface area contributed by atoms with Crippen molar-refractivity contribution in [2.24, 2.45) is 15.9 Å². The van der Waals surface area contributed by atoms with Crippen LogP contribution in [0.1, 0.15) is 34.1 Å². The van der Waals surface area contributed by atoms with Gasteiger partial charge in [0.2, 0.25) is 0 Å². The van der Waals surface area contributed by atoms with Crippen LogP contribution in [0.25, 0.3) is 0 Å². The highest BCUT2D eigenvalue weighted by molar-refractivity contribution is 8.06. The number of halogens is 3. The van der Waals surface area contributed by atoms with Gasteiger partial charge in [-0.15, -0.1) is 0 Å². The van der Waals surface area contributed by atoms with Crippen LogP contribution in [0.3, 0.4) is 0 Å². The molecule has 0 bridgehead atoms. The third-order valence-corrected chi connectivity index (χ3v) is 5.60. The number of alkyl halides is 1. The van der Waals surface area contributed by atoms with E-state index in [-0.39, 0.29) is 5.82 Å². The van der Waals surface area contributed by atoms with Crippen molar-refractivity contribution in [3.63, 3.8) is 0 Å². The van der Waals surface area contributed by atoms with Crippen LogP contribution in [0.4, 0.5) is 8.78 Å². The first-order chi connectivity index (χ1) is 15.2. The van der Waals surface area contributed by atoms with Crippen LogP contribution in [0, 0.1) is 11.7 Å². The Morgan fingerprint density at radius 2 is 2.06 bits per heavy atom. The van der Waals surface area contributed by atoms with Crippen molar-refractivity contribution >= 4 is 35.4 Å². The summed E-state index contributed by atoms with van der Waals surface area (Å²) in [6.07, 6.45) is 6.41. The number of hydrogen-bond acceptors (Lipinski definition) is 4. The molecule has 3 heterocycles. The van der Waals surface area contributed by atoms with Gasteiger partial charge in [0.25, 0.3) is 0 Å². The summed E-state index contributed by atoms with van der Waals surface area (Å²) in [4.78, 5) is 12.5. The molecule has 7 heteroatoms. The predicted molar refractivity (Wildman–Crippen MR) is 136 cm³/mol. The average molecular weight is 478 g/mol. The standard InChI is InChI=1S/C16H19N3S.C6H4ClF.C3H7F/c1-4-7-20-12(3)16-18-9-13(14-5-6-17-14)15-8-11(2)10-19(15)16;7-5-2-1-3-6(8)4-5;1-3(2)4/h4-7,11H,3,8-10H2,1-2H3;1-4H;3H,1-2H3/b7-4-;;. The zero-order valence-corrected chi connectivity index (χ0v) is 20.6. The highest BCUT2D eigenvalue weighted by Gasteiger charge is 2.34. The van der Waals surface area contributed by atoms with E-state index in [0.717, 1.165) is 35.9 Å². The smallest absolute Gasteiger partial charge is 0.141 e. The van der Waals surface area contributed by atoms with Crippen molar-refractivity contribution in [3.8, 4) is 0 Å². The summed E-state index contributed by atoms with van der Waals surface area (Å²) < 4.78 is 23.1. The summed E-state index contributed by atoms with van der Waals surface area (Å²) in [5.74, 6) is 1.41. The molecule has 0 N–H and O–H groups in total. The maximum absolute atomic E-state index is 12.1. The second-order valence-corrected chi connectivity index (χ2v) is 9.22. The molecule has 3 aliphatic heterocycles. The summed E-state index contributed by atoms with van der Waals surface area (Å²) >= 11 is 7.05. The lowest BCUT2D eigenvalue weighted by Crippen LogP contribution is -2.32. The Balaban J connectivity index is 0.000000250. The highest BCUT2D eigenvalue weighted by Crippen LogP contribution is 2.38. The Morgan fingerprint density at radius 1 is 1.38 bits per heavy atom. The molecule has 1 aromatic carbocycles. The van der Waals surface area contributed by atoms with Crippen LogP contribution >= 0.6 is 23.4 Å². The van der Waals surface area contributed by atoms with Crippen molar-refractivity contribution < 1.29 is 8.78 Å². The molecule has 1 saturated heterocycles. The van der Waals surface area contributed by atoms with Gasteiger partial charge in [-0.05, 0) is 62.8 Å². The maximum atomic E-state index is 12.1. The minimum atomic E-state index is -0.667. The predicted octanol–water partition coefficient (Wildman–Crippen LogP) is 7.59. The second kappa shape index (κ2) is 12.8. The summed E-state index contributed by atoms with van der Waals surface area (Å²) in [5, 5.41) is 2.49. The van der Waals surface area contributed by atoms with Crippen molar-refractivity contribution in [1.82, 2.24) is 4.90 Å². The number of aliphatic imine (C=N–C) groups is 2. The summed E-state index contributed by atoms with van der Waals surface area (Å²) in [5.41, 5.74) is 3.80. The number of hydrogen-bond donors (Lipinski definition) is 0. The molecule has 0 radical (unpaired) electrons. The Morgan fingerprint density at radius 3 is 2.56 bits per heavy atom. The molecule has 3 nitrogen and oxygen atoms in total. The van der Waals surface area contributed by atoms with Crippen LogP contribution in [-0.2, 0) is 0 Å². The number of fused-ring (bicyclic) bond motifs is 1. The molecular formula is C25H30ClF2N3S. The normalized spacial score (nSPS) is 18.9. The first-order valence-electron chi connectivity index (χ1n) is 10.5. The van der Waals surface area contributed by atoms with E-state index in [0.29, 0.717) is 10.9 Å². The SMILES string of the molecule is C=C(S/C=C\C)C1=NCC(C2=CC=N2)=C2CC(C)CN12.CC(C)F.Fc1cccc(Cl)c1. The summed E-state index contributed by atoms with van der Waals surface area (Å²) in [6.45, 7) is 13.3. The van der Waals surface area contributed by atoms with Gasteiger partial charge in [-0.25, -0.2) is 8.78 Å². The van der Waals surface area contributed by atoms with Gasteiger partial charge in [0.05, 0.1) is 18.4 Å². The Bertz CT molecular complexity index is 944. The average Bonchev–Trinajstić information content (AvgIpc) is 3.06. The van der Waals surface area contributed by atoms with E-state index in [1.807, 2.05) is 19.2 Å². The molecule has 172 valence electrons. The van der Waals surface area contributed by atoms with Gasteiger partial charge in [-0.2, -0.15) is 0 Å². The van der Waals surface area contributed by atoms with E-state index in [2.05, 4.69) is 34.9 Å². The third-order valence-electron chi connectivity index (χ3n) is 4.49. The topological polar surface area (TPSA) is 28.0 Å². The van der Waals surface area contributed by atoms with Gasteiger partial charge in [-0.1, -0.05) is 49.0 Å². The van der Waals surface area contributed by atoms with Gasteiger partial charge in [-0.3, -0.25) is 9.98 Å². The minimum Gasteiger partial charge on any atom is -0.329 e. The van der Waals surface area contributed by atoms with E-state index in [1.54, 1.807) is 23.9 Å². The fraction of sp³-hybridized carbons (Fsp3) is 0.360. The van der Waals surface area contributed by atoms with Crippen molar-refractivity contribution in [2.75, 3.05) is 13.1 Å². The lowest BCUT2D eigenvalue weighted by atomic mass is 10.0. The molecule has 1 aromatic rings. The monoisotopic (exact) mass is 477 g/mol. The Kier molecular flexibility index (Phi) is 10.4. The van der Waals surface area contributed by atoms with Crippen molar-refractivity contribution in [1.29, 1.82) is 0 Å². The van der Waals surface area contributed by atoms with Crippen LogP contribution in [0.15, 0.2) is 80.3 Å². The lowest BCUT2D eigenvalue weighted by molar-refractivity contribution is 0.391. The zero-order valence-electron chi connectivity index (χ0n) is 19.0. The van der Waals surface area contributed by atoms with Crippen LogP contribution in [0.2, 0.25) is 5.02 Å². The largest absolute Gasteiger partial charge is 0.329 e. The lowest BCUT2D eigenvalue weighted by Gasteiger charge is -2.30. The first kappa shape index (κ1) is 26.1. The number of allylic oxidation sites excluding steroid dienone is 3. The zero-order chi connectivity index (χ0) is 23.7. The van der Waals surface area contributed by atoms with E-state index in [4.69, 9.17) is 16.6 Å². The molecule has 32 heavy (non-hydrogen) atoms. The summed E-state index contributed by atoms with van der Waals surface area (Å²) in [7, 11) is 0. The molecule has 1 unspecified atom stereocenters. The van der Waals surface area contributed by atoms with Crippen molar-refractivity contribution in [3.05, 3.63) is 81.1 Å². The number of amidine groups is 1. The fourth-order valence-electron chi connectivity index (χ4n) is 3.22. The summed E-state index contributed by atoms with van der Waals surface area (Å²) in [6, 6.07) is 5.82. The maximum Gasteiger partial charge on any atom is 0.141 e. The number of thioether (sulfide) groups is 1. The van der Waals surface area contributed by atoms with E-state index >= 15 is 0 Å². The molecule has 0 amide bonds. The molecule has 0 aromatic heterocycles. The molecule has 1 fully saturated rings. The van der Waals surface area contributed by atoms with Crippen LogP contribution in [-0.4, -0.2) is 36.2 Å². The molecule has 0 aliphatic carbocycles. The van der Waals surface area contributed by atoms with Crippen LogP contribution < -0.4 is 0 Å². The van der Waals surface area contributed by atoms with Crippen molar-refractivity contribution in [2.45, 2.75) is 40.3 Å². The molecular weight excluding hydrogens is 448 g/mol. The number of benzene rings is 1. The van der Waals surface area contributed by atoms with E-state index < -0.39 is 6.17 Å².